The smallest absolute Gasteiger partial charge is 0.153 e. The van der Waals surface area contributed by atoms with Crippen LogP contribution in [0.25, 0.3) is 0 Å². The van der Waals surface area contributed by atoms with Crippen LogP contribution in [-0.4, -0.2) is 15.2 Å². The average Bonchev–Trinajstić information content (AvgIpc) is 2.76. The highest BCUT2D eigenvalue weighted by molar-refractivity contribution is 5.53. The Balaban J connectivity index is 2.20. The van der Waals surface area contributed by atoms with Crippen LogP contribution in [0.2, 0.25) is 0 Å². The van der Waals surface area contributed by atoms with Crippen LogP contribution < -0.4 is 5.32 Å². The lowest BCUT2D eigenvalue weighted by atomic mass is 9.88. The molecule has 0 spiro atoms. The molecular weight excluding hydrogens is 248 g/mol. The van der Waals surface area contributed by atoms with Crippen molar-refractivity contribution in [1.29, 1.82) is 0 Å². The summed E-state index contributed by atoms with van der Waals surface area (Å²) in [5.74, 6) is 1.62. The van der Waals surface area contributed by atoms with Gasteiger partial charge < -0.3 is 5.32 Å². The maximum atomic E-state index is 4.35. The van der Waals surface area contributed by atoms with E-state index < -0.39 is 0 Å². The zero-order valence-electron chi connectivity index (χ0n) is 13.2. The molecule has 2 heterocycles. The van der Waals surface area contributed by atoms with Gasteiger partial charge in [-0.3, -0.25) is 5.10 Å². The first kappa shape index (κ1) is 14.6. The van der Waals surface area contributed by atoms with Crippen LogP contribution in [0.1, 0.15) is 52.8 Å². The van der Waals surface area contributed by atoms with Crippen molar-refractivity contribution >= 4 is 11.6 Å². The third-order valence-electron chi connectivity index (χ3n) is 3.27. The zero-order valence-corrected chi connectivity index (χ0v) is 13.2. The largest absolute Gasteiger partial charge is 0.323 e. The van der Waals surface area contributed by atoms with Gasteiger partial charge in [0, 0.05) is 23.4 Å². The second-order valence-corrected chi connectivity index (χ2v) is 7.22. The van der Waals surface area contributed by atoms with Gasteiger partial charge in [0.2, 0.25) is 0 Å². The monoisotopic (exact) mass is 272 g/mol. The molecule has 2 N–H and O–H groups in total. The molecule has 0 fully saturated rings. The Kier molecular flexibility index (Phi) is 3.59. The van der Waals surface area contributed by atoms with Crippen molar-refractivity contribution in [2.75, 3.05) is 5.32 Å². The lowest BCUT2D eigenvalue weighted by Gasteiger charge is -2.19. The minimum absolute atomic E-state index is 0.0631. The number of hydrogen-bond acceptors (Lipinski definition) is 3. The number of aromatic amines is 1. The van der Waals surface area contributed by atoms with Gasteiger partial charge in [0.05, 0.1) is 0 Å². The number of aromatic nitrogens is 3. The van der Waals surface area contributed by atoms with Gasteiger partial charge in [-0.2, -0.15) is 5.10 Å². The molecule has 2 aromatic heterocycles. The predicted molar refractivity (Wildman–Crippen MR) is 83.5 cm³/mol. The molecule has 4 nitrogen and oxygen atoms in total. The molecular formula is C16H24N4. The molecule has 0 radical (unpaired) electrons. The highest BCUT2D eigenvalue weighted by atomic mass is 15.2. The molecule has 0 aliphatic carbocycles. The molecule has 0 atom stereocenters. The predicted octanol–water partition coefficient (Wildman–Crippen LogP) is 4.14. The van der Waals surface area contributed by atoms with Crippen molar-refractivity contribution in [1.82, 2.24) is 15.2 Å². The van der Waals surface area contributed by atoms with Crippen LogP contribution in [0, 0.1) is 0 Å². The van der Waals surface area contributed by atoms with E-state index in [0.29, 0.717) is 0 Å². The first-order valence-corrected chi connectivity index (χ1v) is 6.96. The van der Waals surface area contributed by atoms with Crippen LogP contribution in [0.15, 0.2) is 24.4 Å². The van der Waals surface area contributed by atoms with E-state index in [4.69, 9.17) is 0 Å². The molecule has 2 rings (SSSR count). The summed E-state index contributed by atoms with van der Waals surface area (Å²) in [4.78, 5) is 4.35. The van der Waals surface area contributed by atoms with Gasteiger partial charge in [0.1, 0.15) is 5.82 Å². The fourth-order valence-corrected chi connectivity index (χ4v) is 1.87. The Bertz CT molecular complexity index is 585. The van der Waals surface area contributed by atoms with Crippen LogP contribution in [0.5, 0.6) is 0 Å². The van der Waals surface area contributed by atoms with Gasteiger partial charge in [-0.15, -0.1) is 0 Å². The molecule has 2 aromatic rings. The number of hydrogen-bond donors (Lipinski definition) is 2. The Morgan fingerprint density at radius 1 is 0.950 bits per heavy atom. The summed E-state index contributed by atoms with van der Waals surface area (Å²) in [6, 6.07) is 6.16. The van der Waals surface area contributed by atoms with Crippen molar-refractivity contribution in [2.24, 2.45) is 0 Å². The summed E-state index contributed by atoms with van der Waals surface area (Å²) in [6.45, 7) is 13.0. The van der Waals surface area contributed by atoms with Crippen LogP contribution in [-0.2, 0) is 10.8 Å². The number of nitrogens with one attached hydrogen (secondary N) is 2. The number of pyridine rings is 1. The van der Waals surface area contributed by atoms with E-state index in [1.165, 1.54) is 5.56 Å². The number of rotatable bonds is 2. The molecule has 108 valence electrons. The molecule has 0 bridgehead atoms. The van der Waals surface area contributed by atoms with Crippen molar-refractivity contribution in [3.63, 3.8) is 0 Å². The summed E-state index contributed by atoms with van der Waals surface area (Å²) in [6.07, 6.45) is 1.83. The topological polar surface area (TPSA) is 53.6 Å². The van der Waals surface area contributed by atoms with Gasteiger partial charge in [0.25, 0.3) is 0 Å². The molecule has 20 heavy (non-hydrogen) atoms. The van der Waals surface area contributed by atoms with Crippen LogP contribution in [0.3, 0.4) is 0 Å². The summed E-state index contributed by atoms with van der Waals surface area (Å²) in [5, 5.41) is 10.6. The van der Waals surface area contributed by atoms with Crippen LogP contribution in [0.4, 0.5) is 11.6 Å². The number of nitrogens with zero attached hydrogens (tertiary/aromatic N) is 2. The van der Waals surface area contributed by atoms with Crippen molar-refractivity contribution in [3.8, 4) is 0 Å². The molecule has 0 aromatic carbocycles. The van der Waals surface area contributed by atoms with E-state index in [1.807, 2.05) is 12.3 Å². The second-order valence-electron chi connectivity index (χ2n) is 7.22. The van der Waals surface area contributed by atoms with Crippen molar-refractivity contribution in [3.05, 3.63) is 35.7 Å². The van der Waals surface area contributed by atoms with E-state index in [1.54, 1.807) is 0 Å². The molecule has 0 aliphatic heterocycles. The molecule has 0 saturated carbocycles. The Labute approximate surface area is 121 Å². The van der Waals surface area contributed by atoms with Gasteiger partial charge in [-0.05, 0) is 23.1 Å². The molecule has 0 saturated heterocycles. The van der Waals surface area contributed by atoms with E-state index in [2.05, 4.69) is 74.2 Å². The van der Waals surface area contributed by atoms with E-state index in [0.717, 1.165) is 17.3 Å². The molecule has 0 amide bonds. The lowest BCUT2D eigenvalue weighted by molar-refractivity contribution is 0.567. The minimum Gasteiger partial charge on any atom is -0.323 e. The Hall–Kier alpha value is -1.84. The number of anilines is 2. The summed E-state index contributed by atoms with van der Waals surface area (Å²) in [7, 11) is 0. The maximum Gasteiger partial charge on any atom is 0.153 e. The number of H-pyrrole nitrogens is 1. The Morgan fingerprint density at radius 2 is 1.65 bits per heavy atom. The fraction of sp³-hybridized carbons (Fsp3) is 0.500. The highest BCUT2D eigenvalue weighted by Crippen LogP contribution is 2.26. The summed E-state index contributed by atoms with van der Waals surface area (Å²) < 4.78 is 0. The maximum absolute atomic E-state index is 4.35. The average molecular weight is 272 g/mol. The molecule has 4 heteroatoms. The van der Waals surface area contributed by atoms with Gasteiger partial charge in [0.15, 0.2) is 5.82 Å². The molecule has 0 unspecified atom stereocenters. The molecule has 0 aliphatic rings. The lowest BCUT2D eigenvalue weighted by Crippen LogP contribution is -2.11. The standard InChI is InChI=1S/C16H24N4/c1-15(2,3)11-7-8-17-13(9-11)18-14-10-12(19-20-14)16(4,5)6/h7-10H,1-6H3,(H2,17,18,19,20). The van der Waals surface area contributed by atoms with Gasteiger partial charge in [-0.25, -0.2) is 4.98 Å². The second kappa shape index (κ2) is 4.93. The van der Waals surface area contributed by atoms with E-state index in [9.17, 15) is 0 Å². The van der Waals surface area contributed by atoms with Gasteiger partial charge >= 0.3 is 0 Å². The van der Waals surface area contributed by atoms with Crippen LogP contribution >= 0.6 is 0 Å². The van der Waals surface area contributed by atoms with E-state index >= 15 is 0 Å². The van der Waals surface area contributed by atoms with Crippen molar-refractivity contribution in [2.45, 2.75) is 52.4 Å². The SMILES string of the molecule is CC(C)(C)c1ccnc(Nc2cc(C(C)(C)C)[nH]n2)c1. The van der Waals surface area contributed by atoms with Gasteiger partial charge in [-0.1, -0.05) is 41.5 Å². The van der Waals surface area contributed by atoms with Crippen molar-refractivity contribution < 1.29 is 0 Å². The van der Waals surface area contributed by atoms with E-state index in [-0.39, 0.29) is 10.8 Å². The summed E-state index contributed by atoms with van der Waals surface area (Å²) >= 11 is 0. The first-order chi connectivity index (χ1) is 9.16. The fourth-order valence-electron chi connectivity index (χ4n) is 1.87. The third kappa shape index (κ3) is 3.38. The zero-order chi connectivity index (χ0) is 15.0. The quantitative estimate of drug-likeness (QED) is 0.863. The normalized spacial score (nSPS) is 12.5. The summed E-state index contributed by atoms with van der Waals surface area (Å²) in [5.41, 5.74) is 2.53. The highest BCUT2D eigenvalue weighted by Gasteiger charge is 2.17. The minimum atomic E-state index is 0.0631. The first-order valence-electron chi connectivity index (χ1n) is 6.96. The Morgan fingerprint density at radius 3 is 2.20 bits per heavy atom. The third-order valence-corrected chi connectivity index (χ3v) is 3.27.